The average molecular weight is 232 g/mol. The van der Waals surface area contributed by atoms with Gasteiger partial charge in [-0.25, -0.2) is 0 Å². The lowest BCUT2D eigenvalue weighted by Crippen LogP contribution is -1.92. The fourth-order valence-corrected chi connectivity index (χ4v) is 1.62. The van der Waals surface area contributed by atoms with E-state index in [4.69, 9.17) is 0 Å². The first-order valence-electron chi connectivity index (χ1n) is 6.23. The predicted octanol–water partition coefficient (Wildman–Crippen LogP) is 3.94. The van der Waals surface area contributed by atoms with Gasteiger partial charge in [0.15, 0.2) is 5.78 Å². The standard InChI is InChI=1S/C15H20O2/c1-2-3-4-5-9-14(16)12-11-13-8-6-7-10-15(13)17/h6-8,10-12,17H,2-5,9H2,1H3. The third kappa shape index (κ3) is 5.34. The molecule has 1 rings (SSSR count). The average Bonchev–Trinajstić information content (AvgIpc) is 2.34. The number of hydrogen-bond acceptors (Lipinski definition) is 2. The highest BCUT2D eigenvalue weighted by atomic mass is 16.3. The Labute approximate surface area is 103 Å². The van der Waals surface area contributed by atoms with E-state index in [1.807, 2.05) is 6.07 Å². The van der Waals surface area contributed by atoms with E-state index in [1.54, 1.807) is 30.4 Å². The number of benzene rings is 1. The van der Waals surface area contributed by atoms with Crippen LogP contribution in [0.2, 0.25) is 0 Å². The van der Waals surface area contributed by atoms with Gasteiger partial charge in [-0.1, -0.05) is 44.4 Å². The van der Waals surface area contributed by atoms with E-state index in [0.717, 1.165) is 12.8 Å². The van der Waals surface area contributed by atoms with Gasteiger partial charge in [-0.3, -0.25) is 4.79 Å². The molecule has 2 nitrogen and oxygen atoms in total. The molecule has 0 aliphatic heterocycles. The van der Waals surface area contributed by atoms with Crippen molar-refractivity contribution in [3.8, 4) is 5.75 Å². The smallest absolute Gasteiger partial charge is 0.155 e. The third-order valence-corrected chi connectivity index (χ3v) is 2.66. The summed E-state index contributed by atoms with van der Waals surface area (Å²) in [6.07, 6.45) is 8.28. The number of allylic oxidation sites excluding steroid dienone is 1. The van der Waals surface area contributed by atoms with Crippen molar-refractivity contribution in [2.24, 2.45) is 0 Å². The summed E-state index contributed by atoms with van der Waals surface area (Å²) < 4.78 is 0. The van der Waals surface area contributed by atoms with Gasteiger partial charge in [0, 0.05) is 12.0 Å². The van der Waals surface area contributed by atoms with Gasteiger partial charge in [-0.15, -0.1) is 0 Å². The lowest BCUT2D eigenvalue weighted by atomic mass is 10.1. The molecule has 0 atom stereocenters. The minimum Gasteiger partial charge on any atom is -0.507 e. The predicted molar refractivity (Wildman–Crippen MR) is 70.9 cm³/mol. The molecule has 0 aromatic heterocycles. The van der Waals surface area contributed by atoms with E-state index >= 15 is 0 Å². The topological polar surface area (TPSA) is 37.3 Å². The zero-order chi connectivity index (χ0) is 12.5. The molecule has 0 radical (unpaired) electrons. The minimum atomic E-state index is 0.129. The van der Waals surface area contributed by atoms with Crippen molar-refractivity contribution < 1.29 is 9.90 Å². The number of hydrogen-bond donors (Lipinski definition) is 1. The normalized spacial score (nSPS) is 10.9. The van der Waals surface area contributed by atoms with E-state index < -0.39 is 0 Å². The van der Waals surface area contributed by atoms with Crippen molar-refractivity contribution >= 4 is 11.9 Å². The Bertz CT molecular complexity index is 380. The first-order valence-corrected chi connectivity index (χ1v) is 6.23. The van der Waals surface area contributed by atoms with Crippen molar-refractivity contribution in [3.05, 3.63) is 35.9 Å². The molecule has 1 aromatic carbocycles. The molecule has 2 heteroatoms. The van der Waals surface area contributed by atoms with E-state index in [1.165, 1.54) is 12.8 Å². The summed E-state index contributed by atoms with van der Waals surface area (Å²) in [5.74, 6) is 0.340. The third-order valence-electron chi connectivity index (χ3n) is 2.66. The van der Waals surface area contributed by atoms with Crippen LogP contribution in [0.5, 0.6) is 5.75 Å². The summed E-state index contributed by atoms with van der Waals surface area (Å²) in [6, 6.07) is 7.01. The molecule has 92 valence electrons. The minimum absolute atomic E-state index is 0.129. The van der Waals surface area contributed by atoms with Gasteiger partial charge in [0.1, 0.15) is 5.75 Å². The molecular formula is C15H20O2. The van der Waals surface area contributed by atoms with Crippen molar-refractivity contribution in [1.82, 2.24) is 0 Å². The molecule has 1 N–H and O–H groups in total. The van der Waals surface area contributed by atoms with Crippen molar-refractivity contribution in [3.63, 3.8) is 0 Å². The summed E-state index contributed by atoms with van der Waals surface area (Å²) in [4.78, 5) is 11.5. The number of ketones is 1. The summed E-state index contributed by atoms with van der Waals surface area (Å²) >= 11 is 0. The molecular weight excluding hydrogens is 212 g/mol. The fourth-order valence-electron chi connectivity index (χ4n) is 1.62. The van der Waals surface area contributed by atoms with Crippen LogP contribution >= 0.6 is 0 Å². The van der Waals surface area contributed by atoms with E-state index in [2.05, 4.69) is 6.92 Å². The van der Waals surface area contributed by atoms with Crippen LogP contribution in [0.1, 0.15) is 44.6 Å². The maximum atomic E-state index is 11.5. The summed E-state index contributed by atoms with van der Waals surface area (Å²) in [5.41, 5.74) is 0.689. The number of para-hydroxylation sites is 1. The van der Waals surface area contributed by atoms with Gasteiger partial charge in [-0.2, -0.15) is 0 Å². The second-order valence-electron chi connectivity index (χ2n) is 4.17. The lowest BCUT2D eigenvalue weighted by molar-refractivity contribution is -0.114. The van der Waals surface area contributed by atoms with Crippen LogP contribution in [0.3, 0.4) is 0 Å². The second-order valence-corrected chi connectivity index (χ2v) is 4.17. The Hall–Kier alpha value is -1.57. The van der Waals surface area contributed by atoms with Crippen molar-refractivity contribution in [2.75, 3.05) is 0 Å². The molecule has 1 aromatic rings. The molecule has 17 heavy (non-hydrogen) atoms. The molecule has 0 heterocycles. The quantitative estimate of drug-likeness (QED) is 0.571. The first kappa shape index (κ1) is 13.5. The first-order chi connectivity index (χ1) is 8.24. The van der Waals surface area contributed by atoms with Crippen LogP contribution in [0.25, 0.3) is 6.08 Å². The van der Waals surface area contributed by atoms with Gasteiger partial charge >= 0.3 is 0 Å². The molecule has 0 bridgehead atoms. The van der Waals surface area contributed by atoms with Gasteiger partial charge in [0.05, 0.1) is 0 Å². The van der Waals surface area contributed by atoms with E-state index in [0.29, 0.717) is 12.0 Å². The van der Waals surface area contributed by atoms with E-state index in [-0.39, 0.29) is 11.5 Å². The number of phenolic OH excluding ortho intramolecular Hbond substituents is 1. The Morgan fingerprint density at radius 3 is 2.71 bits per heavy atom. The molecule has 0 aliphatic carbocycles. The molecule has 0 unspecified atom stereocenters. The second kappa shape index (κ2) is 7.66. The fraction of sp³-hybridized carbons (Fsp3) is 0.400. The van der Waals surface area contributed by atoms with Gasteiger partial charge < -0.3 is 5.11 Å². The molecule has 0 amide bonds. The highest BCUT2D eigenvalue weighted by Crippen LogP contribution is 2.17. The number of carbonyl (C=O) groups excluding carboxylic acids is 1. The van der Waals surface area contributed by atoms with Crippen LogP contribution in [-0.4, -0.2) is 10.9 Å². The number of rotatable bonds is 7. The molecule has 0 aliphatic rings. The van der Waals surface area contributed by atoms with Crippen molar-refractivity contribution in [2.45, 2.75) is 39.0 Å². The highest BCUT2D eigenvalue weighted by molar-refractivity contribution is 5.93. The molecule has 0 saturated carbocycles. The van der Waals surface area contributed by atoms with Crippen LogP contribution in [0.15, 0.2) is 30.3 Å². The van der Waals surface area contributed by atoms with Crippen LogP contribution in [-0.2, 0) is 4.79 Å². The Morgan fingerprint density at radius 2 is 2.00 bits per heavy atom. The van der Waals surface area contributed by atoms with Crippen molar-refractivity contribution in [1.29, 1.82) is 0 Å². The lowest BCUT2D eigenvalue weighted by Gasteiger charge is -1.98. The maximum Gasteiger partial charge on any atom is 0.155 e. The Balaban J connectivity index is 2.38. The Morgan fingerprint density at radius 1 is 1.24 bits per heavy atom. The number of carbonyl (C=O) groups is 1. The Kier molecular flexibility index (Phi) is 6.08. The largest absolute Gasteiger partial charge is 0.507 e. The summed E-state index contributed by atoms with van der Waals surface area (Å²) in [7, 11) is 0. The zero-order valence-electron chi connectivity index (χ0n) is 10.4. The highest BCUT2D eigenvalue weighted by Gasteiger charge is 1.98. The molecule has 0 saturated heterocycles. The van der Waals surface area contributed by atoms with Crippen LogP contribution < -0.4 is 0 Å². The number of aromatic hydroxyl groups is 1. The maximum absolute atomic E-state index is 11.5. The molecule has 0 spiro atoms. The van der Waals surface area contributed by atoms with Gasteiger partial charge in [-0.05, 0) is 24.6 Å². The number of unbranched alkanes of at least 4 members (excludes halogenated alkanes) is 3. The number of phenols is 1. The summed E-state index contributed by atoms with van der Waals surface area (Å²) in [5, 5.41) is 9.51. The summed E-state index contributed by atoms with van der Waals surface area (Å²) in [6.45, 7) is 2.15. The SMILES string of the molecule is CCCCCCC(=O)C=Cc1ccccc1O. The van der Waals surface area contributed by atoms with Gasteiger partial charge in [0.25, 0.3) is 0 Å². The van der Waals surface area contributed by atoms with E-state index in [9.17, 15) is 9.90 Å². The monoisotopic (exact) mass is 232 g/mol. The van der Waals surface area contributed by atoms with Crippen LogP contribution in [0, 0.1) is 0 Å². The zero-order valence-corrected chi connectivity index (χ0v) is 10.4. The van der Waals surface area contributed by atoms with Gasteiger partial charge in [0.2, 0.25) is 0 Å². The molecule has 0 fully saturated rings. The van der Waals surface area contributed by atoms with Crippen LogP contribution in [0.4, 0.5) is 0 Å².